The van der Waals surface area contributed by atoms with Crippen molar-refractivity contribution in [2.75, 3.05) is 18.5 Å². The van der Waals surface area contributed by atoms with E-state index in [2.05, 4.69) is 10.1 Å². The van der Waals surface area contributed by atoms with Gasteiger partial charge in [0.2, 0.25) is 5.91 Å². The summed E-state index contributed by atoms with van der Waals surface area (Å²) < 4.78 is 44.9. The minimum atomic E-state index is -4.60. The van der Waals surface area contributed by atoms with Crippen molar-refractivity contribution in [3.63, 3.8) is 0 Å². The van der Waals surface area contributed by atoms with Crippen LogP contribution in [0.5, 0.6) is 5.75 Å². The zero-order valence-corrected chi connectivity index (χ0v) is 14.3. The fraction of sp³-hybridized carbons (Fsp3) is 0.467. The molecule has 0 aliphatic heterocycles. The number of carbonyl (C=O) groups excluding carboxylic acids is 2. The average Bonchev–Trinajstić information content (AvgIpc) is 2.47. The average molecular weight is 383 g/mol. The van der Waals surface area contributed by atoms with E-state index in [1.807, 2.05) is 19.2 Å². The molecule has 0 aromatic heterocycles. The summed E-state index contributed by atoms with van der Waals surface area (Å²) in [5.41, 5.74) is 0.422. The van der Waals surface area contributed by atoms with Crippen LogP contribution >= 0.6 is 11.6 Å². The molecule has 0 unspecified atom stereocenters. The van der Waals surface area contributed by atoms with E-state index >= 15 is 0 Å². The van der Waals surface area contributed by atoms with Crippen molar-refractivity contribution in [3.05, 3.63) is 23.2 Å². The topological polar surface area (TPSA) is 76.7 Å². The van der Waals surface area contributed by atoms with E-state index in [0.29, 0.717) is 16.5 Å². The van der Waals surface area contributed by atoms with Crippen LogP contribution in [0.25, 0.3) is 0 Å². The van der Waals surface area contributed by atoms with Gasteiger partial charge in [0.1, 0.15) is 5.75 Å². The summed E-state index contributed by atoms with van der Waals surface area (Å²) in [7, 11) is 0. The van der Waals surface area contributed by atoms with Gasteiger partial charge >= 0.3 is 12.3 Å². The largest absolute Gasteiger partial charge is 0.489 e. The number of amides is 2. The van der Waals surface area contributed by atoms with Gasteiger partial charge in [0.05, 0.1) is 11.1 Å². The van der Waals surface area contributed by atoms with Crippen molar-refractivity contribution in [2.45, 2.75) is 32.5 Å². The molecule has 1 aromatic rings. The van der Waals surface area contributed by atoms with E-state index in [0.717, 1.165) is 0 Å². The van der Waals surface area contributed by atoms with Gasteiger partial charge in [-0.1, -0.05) is 11.6 Å². The van der Waals surface area contributed by atoms with Crippen molar-refractivity contribution in [2.24, 2.45) is 0 Å². The quantitative estimate of drug-likeness (QED) is 0.753. The Morgan fingerprint density at radius 3 is 2.52 bits per heavy atom. The van der Waals surface area contributed by atoms with Crippen molar-refractivity contribution in [1.29, 1.82) is 0 Å². The molecular formula is C15H18ClF3N2O4. The Kier molecular flexibility index (Phi) is 7.82. The number of rotatable bonds is 7. The predicted molar refractivity (Wildman–Crippen MR) is 85.9 cm³/mol. The molecule has 0 saturated heterocycles. The molecule has 0 saturated carbocycles. The van der Waals surface area contributed by atoms with Gasteiger partial charge in [-0.05, 0) is 32.0 Å². The molecule has 0 bridgehead atoms. The van der Waals surface area contributed by atoms with Crippen LogP contribution in [-0.4, -0.2) is 37.4 Å². The third-order valence-corrected chi connectivity index (χ3v) is 2.86. The van der Waals surface area contributed by atoms with Crippen LogP contribution in [0, 0.1) is 0 Å². The van der Waals surface area contributed by atoms with Gasteiger partial charge in [0.25, 0.3) is 0 Å². The van der Waals surface area contributed by atoms with E-state index in [1.165, 1.54) is 6.07 Å². The van der Waals surface area contributed by atoms with Gasteiger partial charge in [-0.2, -0.15) is 13.2 Å². The number of benzene rings is 1. The first kappa shape index (κ1) is 20.9. The Labute approximate surface area is 147 Å². The molecule has 0 atom stereocenters. The number of ether oxygens (including phenoxy) is 2. The lowest BCUT2D eigenvalue weighted by Gasteiger charge is -2.13. The van der Waals surface area contributed by atoms with Crippen LogP contribution < -0.4 is 15.4 Å². The maximum atomic E-state index is 11.9. The van der Waals surface area contributed by atoms with Crippen molar-refractivity contribution >= 4 is 29.3 Å². The lowest BCUT2D eigenvalue weighted by molar-refractivity contribution is -0.160. The van der Waals surface area contributed by atoms with E-state index in [-0.39, 0.29) is 19.1 Å². The maximum Gasteiger partial charge on any atom is 0.422 e. The number of alkyl halides is 3. The molecule has 1 aromatic carbocycles. The molecule has 10 heteroatoms. The van der Waals surface area contributed by atoms with Crippen LogP contribution in [0.15, 0.2) is 18.2 Å². The summed E-state index contributed by atoms with van der Waals surface area (Å²) in [6, 6.07) is 4.69. The predicted octanol–water partition coefficient (Wildman–Crippen LogP) is 3.74. The summed E-state index contributed by atoms with van der Waals surface area (Å²) in [6.07, 6.45) is -6.05. The number of anilines is 1. The lowest BCUT2D eigenvalue weighted by Crippen LogP contribution is -2.31. The number of hydrogen-bond acceptors (Lipinski definition) is 4. The van der Waals surface area contributed by atoms with Crippen LogP contribution in [0.2, 0.25) is 5.02 Å². The van der Waals surface area contributed by atoms with Crippen LogP contribution in [-0.2, 0) is 9.53 Å². The van der Waals surface area contributed by atoms with E-state index in [1.54, 1.807) is 12.1 Å². The minimum Gasteiger partial charge on any atom is -0.489 e. The Balaban J connectivity index is 2.37. The molecule has 1 rings (SSSR count). The number of alkyl carbamates (subject to hydrolysis) is 1. The molecular weight excluding hydrogens is 365 g/mol. The third-order valence-electron chi connectivity index (χ3n) is 2.57. The molecule has 0 heterocycles. The highest BCUT2D eigenvalue weighted by Gasteiger charge is 2.29. The maximum absolute atomic E-state index is 11.9. The highest BCUT2D eigenvalue weighted by molar-refractivity contribution is 6.32. The highest BCUT2D eigenvalue weighted by atomic mass is 35.5. The van der Waals surface area contributed by atoms with Crippen molar-refractivity contribution in [1.82, 2.24) is 5.32 Å². The highest BCUT2D eigenvalue weighted by Crippen LogP contribution is 2.28. The molecule has 2 N–H and O–H groups in total. The molecule has 140 valence electrons. The summed E-state index contributed by atoms with van der Waals surface area (Å²) >= 11 is 6.03. The van der Waals surface area contributed by atoms with Crippen molar-refractivity contribution < 1.29 is 32.2 Å². The van der Waals surface area contributed by atoms with Gasteiger partial charge in [-0.3, -0.25) is 4.79 Å². The molecule has 0 aliphatic rings. The summed E-state index contributed by atoms with van der Waals surface area (Å²) in [5, 5.41) is 4.91. The fourth-order valence-electron chi connectivity index (χ4n) is 1.63. The summed E-state index contributed by atoms with van der Waals surface area (Å²) in [5.74, 6) is 0.0217. The van der Waals surface area contributed by atoms with Gasteiger partial charge < -0.3 is 20.1 Å². The van der Waals surface area contributed by atoms with Gasteiger partial charge in [-0.15, -0.1) is 0 Å². The molecule has 6 nitrogen and oxygen atoms in total. The standard InChI is InChI=1S/C15H18ClF3N2O4/c1-9(2)25-12-4-3-10(7-11(12)16)21-13(22)5-6-20-14(23)24-8-15(17,18)19/h3-4,7,9H,5-6,8H2,1-2H3,(H,20,23)(H,21,22). The lowest BCUT2D eigenvalue weighted by atomic mass is 10.3. The second-order valence-electron chi connectivity index (χ2n) is 5.23. The monoisotopic (exact) mass is 382 g/mol. The molecule has 0 aliphatic carbocycles. The number of hydrogen-bond donors (Lipinski definition) is 2. The zero-order valence-electron chi connectivity index (χ0n) is 13.6. The summed E-state index contributed by atoms with van der Waals surface area (Å²) in [6.45, 7) is 1.83. The van der Waals surface area contributed by atoms with Gasteiger partial charge in [0, 0.05) is 18.7 Å². The third kappa shape index (κ3) is 9.04. The molecule has 0 radical (unpaired) electrons. The van der Waals surface area contributed by atoms with Crippen LogP contribution in [0.4, 0.5) is 23.7 Å². The SMILES string of the molecule is CC(C)Oc1ccc(NC(=O)CCNC(=O)OCC(F)(F)F)cc1Cl. The minimum absolute atomic E-state index is 0.0545. The summed E-state index contributed by atoms with van der Waals surface area (Å²) in [4.78, 5) is 22.7. The number of carbonyl (C=O) groups is 2. The second-order valence-corrected chi connectivity index (χ2v) is 5.64. The zero-order chi connectivity index (χ0) is 19.0. The Hall–Kier alpha value is -2.16. The first-order chi connectivity index (χ1) is 11.6. The van der Waals surface area contributed by atoms with E-state index < -0.39 is 24.8 Å². The smallest absolute Gasteiger partial charge is 0.422 e. The number of halogens is 4. The van der Waals surface area contributed by atoms with E-state index in [4.69, 9.17) is 16.3 Å². The Morgan fingerprint density at radius 2 is 1.96 bits per heavy atom. The molecule has 0 spiro atoms. The van der Waals surface area contributed by atoms with Crippen LogP contribution in [0.1, 0.15) is 20.3 Å². The van der Waals surface area contributed by atoms with Crippen molar-refractivity contribution in [3.8, 4) is 5.75 Å². The first-order valence-electron chi connectivity index (χ1n) is 7.30. The second kappa shape index (κ2) is 9.36. The van der Waals surface area contributed by atoms with Gasteiger partial charge in [-0.25, -0.2) is 4.79 Å². The van der Waals surface area contributed by atoms with Crippen LogP contribution in [0.3, 0.4) is 0 Å². The fourth-order valence-corrected chi connectivity index (χ4v) is 1.85. The Morgan fingerprint density at radius 1 is 1.28 bits per heavy atom. The Bertz CT molecular complexity index is 609. The first-order valence-corrected chi connectivity index (χ1v) is 7.68. The van der Waals surface area contributed by atoms with E-state index in [9.17, 15) is 22.8 Å². The number of nitrogens with one attached hydrogen (secondary N) is 2. The normalized spacial score (nSPS) is 11.2. The van der Waals surface area contributed by atoms with Gasteiger partial charge in [0.15, 0.2) is 6.61 Å². The molecule has 0 fully saturated rings. The molecule has 2 amide bonds. The molecule has 25 heavy (non-hydrogen) atoms.